The first-order chi connectivity index (χ1) is 28.7. The number of rotatable bonds is 6. The fraction of sp³-hybridized carbons (Fsp3) is 0.0545. The Morgan fingerprint density at radius 3 is 1.88 bits per heavy atom. The number of hydrogen-bond acceptors (Lipinski definition) is 2. The first-order valence-electron chi connectivity index (χ1n) is 20.1. The number of aliphatic imine (C=N–C) groups is 1. The van der Waals surface area contributed by atoms with Crippen molar-refractivity contribution in [3.05, 3.63) is 210 Å². The van der Waals surface area contributed by atoms with Crippen LogP contribution >= 0.6 is 20.7 Å². The van der Waals surface area contributed by atoms with Crippen molar-refractivity contribution < 1.29 is 4.42 Å². The fourth-order valence-electron chi connectivity index (χ4n) is 8.74. The van der Waals surface area contributed by atoms with Gasteiger partial charge in [-0.2, -0.15) is 0 Å². The molecule has 0 unspecified atom stereocenters. The van der Waals surface area contributed by atoms with Crippen LogP contribution in [0.3, 0.4) is 0 Å². The summed E-state index contributed by atoms with van der Waals surface area (Å²) in [5.41, 5.74) is 12.5. The van der Waals surface area contributed by atoms with Crippen LogP contribution < -0.4 is 0 Å². The third-order valence-corrected chi connectivity index (χ3v) is 14.8. The fourth-order valence-corrected chi connectivity index (χ4v) is 11.6. The first-order valence-corrected chi connectivity index (χ1v) is 22.2. The Labute approximate surface area is 346 Å². The normalized spacial score (nSPS) is 14.4. The van der Waals surface area contributed by atoms with E-state index in [9.17, 15) is 0 Å². The lowest BCUT2D eigenvalue weighted by Crippen LogP contribution is -2.07. The van der Waals surface area contributed by atoms with Crippen molar-refractivity contribution in [3.63, 3.8) is 0 Å². The molecule has 2 aliphatic rings. The number of furan rings is 1. The van der Waals surface area contributed by atoms with Crippen molar-refractivity contribution in [3.8, 4) is 22.3 Å². The van der Waals surface area contributed by atoms with Crippen LogP contribution in [0, 0.1) is 0 Å². The van der Waals surface area contributed by atoms with Gasteiger partial charge in [0.25, 0.3) is 0 Å². The Balaban J connectivity index is 1.09. The van der Waals surface area contributed by atoms with Crippen LogP contribution in [0.2, 0.25) is 0 Å². The molecule has 0 N–H and O–H groups in total. The van der Waals surface area contributed by atoms with E-state index in [1.165, 1.54) is 80.2 Å². The van der Waals surface area contributed by atoms with E-state index in [1.807, 2.05) is 6.07 Å². The van der Waals surface area contributed by atoms with E-state index in [1.54, 1.807) is 0 Å². The zero-order valence-corrected chi connectivity index (χ0v) is 33.8. The summed E-state index contributed by atoms with van der Waals surface area (Å²) >= 11 is -0.567. The summed E-state index contributed by atoms with van der Waals surface area (Å²) in [5.74, 6) is 0.704. The Hall–Kier alpha value is -6.43. The standard InChI is InChI=1S/C55H36INO/c1-2-10-38(11-3-1)55-56-51(46-15-8-12-35-9-4-5-13-45(35)46)33-52(57-55)44-28-42(27-43(29-44)41-25-26-54-50(32-41)47-14-6-7-16-53(47)58-54)40-24-22-37-20-19-36-21-23-39(34-17-18-34)30-48(36)49(37)31-40/h1-16,19-34H,17-18H2. The van der Waals surface area contributed by atoms with Gasteiger partial charge in [0, 0.05) is 25.5 Å². The van der Waals surface area contributed by atoms with Crippen LogP contribution in [0.25, 0.3) is 80.1 Å². The van der Waals surface area contributed by atoms with Crippen LogP contribution in [-0.2, 0) is 0 Å². The largest absolute Gasteiger partial charge is 0.456 e. The Kier molecular flexibility index (Phi) is 7.90. The highest BCUT2D eigenvalue weighted by molar-refractivity contribution is 14.2. The van der Waals surface area contributed by atoms with E-state index in [2.05, 4.69) is 182 Å². The van der Waals surface area contributed by atoms with E-state index in [0.717, 1.165) is 44.3 Å². The molecule has 0 atom stereocenters. The minimum absolute atomic E-state index is 0.567. The second-order valence-corrected chi connectivity index (χ2v) is 18.4. The van der Waals surface area contributed by atoms with Crippen LogP contribution in [0.5, 0.6) is 0 Å². The zero-order valence-electron chi connectivity index (χ0n) is 31.6. The number of fused-ring (bicyclic) bond motifs is 7. The van der Waals surface area contributed by atoms with Crippen molar-refractivity contribution in [2.45, 2.75) is 18.8 Å². The lowest BCUT2D eigenvalue weighted by Gasteiger charge is -2.17. The molecule has 2 nitrogen and oxygen atoms in total. The molecule has 1 saturated carbocycles. The third-order valence-electron chi connectivity index (χ3n) is 11.9. The van der Waals surface area contributed by atoms with Crippen LogP contribution in [0.1, 0.15) is 41.0 Å². The van der Waals surface area contributed by atoms with Crippen molar-refractivity contribution in [1.82, 2.24) is 0 Å². The average Bonchev–Trinajstić information content (AvgIpc) is 4.08. The molecule has 1 fully saturated rings. The molecule has 1 aromatic heterocycles. The molecule has 10 aromatic rings. The van der Waals surface area contributed by atoms with Crippen molar-refractivity contribution in [1.29, 1.82) is 0 Å². The van der Waals surface area contributed by atoms with Crippen molar-refractivity contribution >= 4 is 87.9 Å². The third kappa shape index (κ3) is 5.92. The van der Waals surface area contributed by atoms with Gasteiger partial charge in [0.2, 0.25) is 0 Å². The summed E-state index contributed by atoms with van der Waals surface area (Å²) in [6.07, 6.45) is 4.97. The van der Waals surface area contributed by atoms with Gasteiger partial charge >= 0.3 is 0 Å². The number of para-hydroxylation sites is 1. The first kappa shape index (κ1) is 33.7. The monoisotopic (exact) mass is 853 g/mol. The minimum atomic E-state index is -0.567. The number of hydrogen-bond donors (Lipinski definition) is 0. The summed E-state index contributed by atoms with van der Waals surface area (Å²) in [6, 6.07) is 66.9. The van der Waals surface area contributed by atoms with Gasteiger partial charge in [0.05, 0.1) is 5.71 Å². The molecule has 0 spiro atoms. The topological polar surface area (TPSA) is 25.5 Å². The van der Waals surface area contributed by atoms with Gasteiger partial charge in [0.1, 0.15) is 14.8 Å². The Morgan fingerprint density at radius 2 is 1.05 bits per heavy atom. The molecule has 3 heteroatoms. The SMILES string of the molecule is C1=C(c2cccc3ccccc23)I=C(c2ccccc2)N=C1c1cc(-c2ccc3ccc4ccc(C5CC5)cc4c3c2)cc(-c2ccc3oc4ccccc4c3c2)c1. The van der Waals surface area contributed by atoms with E-state index >= 15 is 0 Å². The molecule has 12 rings (SSSR count). The smallest absolute Gasteiger partial charge is 0.135 e. The van der Waals surface area contributed by atoms with Gasteiger partial charge in [-0.25, -0.2) is 4.99 Å². The molecule has 0 radical (unpaired) electrons. The highest BCUT2D eigenvalue weighted by Gasteiger charge is 2.24. The summed E-state index contributed by atoms with van der Waals surface area (Å²) in [4.78, 5) is 5.54. The van der Waals surface area contributed by atoms with Gasteiger partial charge in [-0.1, -0.05) is 160 Å². The number of allylic oxidation sites excluding steroid dienone is 1. The van der Waals surface area contributed by atoms with Gasteiger partial charge in [-0.05, 0) is 133 Å². The molecule has 1 aliphatic heterocycles. The van der Waals surface area contributed by atoms with Gasteiger partial charge in [-0.15, -0.1) is 0 Å². The van der Waals surface area contributed by atoms with Gasteiger partial charge in [-0.3, -0.25) is 0 Å². The van der Waals surface area contributed by atoms with Crippen LogP contribution in [0.15, 0.2) is 197 Å². The maximum absolute atomic E-state index is 6.27. The predicted octanol–water partition coefficient (Wildman–Crippen LogP) is 15.2. The van der Waals surface area contributed by atoms with E-state index in [0.29, 0.717) is 5.92 Å². The maximum Gasteiger partial charge on any atom is 0.135 e. The highest BCUT2D eigenvalue weighted by Crippen LogP contribution is 2.43. The Morgan fingerprint density at radius 1 is 0.431 bits per heavy atom. The summed E-state index contributed by atoms with van der Waals surface area (Å²) in [5, 5.41) is 10.00. The van der Waals surface area contributed by atoms with E-state index in [4.69, 9.17) is 9.41 Å². The number of nitrogens with zero attached hydrogens (tertiary/aromatic N) is 1. The van der Waals surface area contributed by atoms with E-state index < -0.39 is 20.7 Å². The van der Waals surface area contributed by atoms with Crippen molar-refractivity contribution in [2.75, 3.05) is 0 Å². The average molecular weight is 854 g/mol. The molecule has 0 bridgehead atoms. The predicted molar refractivity (Wildman–Crippen MR) is 255 cm³/mol. The van der Waals surface area contributed by atoms with Crippen molar-refractivity contribution in [2.24, 2.45) is 4.99 Å². The molecular weight excluding hydrogens is 818 g/mol. The second-order valence-electron chi connectivity index (χ2n) is 15.6. The second kappa shape index (κ2) is 13.6. The molecule has 58 heavy (non-hydrogen) atoms. The lowest BCUT2D eigenvalue weighted by atomic mass is 9.91. The lowest BCUT2D eigenvalue weighted by molar-refractivity contribution is 0.669. The summed E-state index contributed by atoms with van der Waals surface area (Å²) in [7, 11) is 0. The quantitative estimate of drug-likeness (QED) is 0.121. The minimum Gasteiger partial charge on any atom is -0.456 e. The van der Waals surface area contributed by atoms with Gasteiger partial charge < -0.3 is 4.42 Å². The van der Waals surface area contributed by atoms with Crippen LogP contribution in [0.4, 0.5) is 0 Å². The molecule has 0 saturated heterocycles. The van der Waals surface area contributed by atoms with E-state index in [-0.39, 0.29) is 0 Å². The zero-order chi connectivity index (χ0) is 38.2. The summed E-state index contributed by atoms with van der Waals surface area (Å²) in [6.45, 7) is 0. The number of benzene rings is 9. The Bertz CT molecular complexity index is 3390. The molecular formula is C55H36INO. The maximum atomic E-state index is 6.27. The number of halogens is 1. The molecule has 1 aliphatic carbocycles. The van der Waals surface area contributed by atoms with Gasteiger partial charge in [0.15, 0.2) is 0 Å². The molecule has 274 valence electrons. The molecule has 0 amide bonds. The molecule has 9 aromatic carbocycles. The molecule has 2 heterocycles. The van der Waals surface area contributed by atoms with Crippen LogP contribution in [-0.4, -0.2) is 9.34 Å². The summed E-state index contributed by atoms with van der Waals surface area (Å²) < 4.78 is 8.83. The highest BCUT2D eigenvalue weighted by atomic mass is 127.